The molecule has 9 rings (SSSR count). The maximum atomic E-state index is 16.0. The highest BCUT2D eigenvalue weighted by Crippen LogP contribution is 2.40. The van der Waals surface area contributed by atoms with Crippen LogP contribution < -0.4 is 36.8 Å². The summed E-state index contributed by atoms with van der Waals surface area (Å²) in [6.45, 7) is 4.66. The second-order valence-electron chi connectivity index (χ2n) is 19.5. The normalized spacial score (nSPS) is 14.0. The zero-order valence-electron chi connectivity index (χ0n) is 44.7. The Hall–Kier alpha value is -8.70. The maximum absolute atomic E-state index is 16.0. The SMILES string of the molecule is CNC(=O)c1ccccc1Nc1nc(Nc2ccc(N3CCN(CCCNC(=O)CCC(=O)N4CCC(c5nn(CC(=O)NCC(=O)NCC(=O)OC)c6cccc(-c7cc8c(cnn8C)cc7F)c56)CC4)CC3)cc2)ncc1Cl. The zero-order valence-corrected chi connectivity index (χ0v) is 45.4. The van der Waals surface area contributed by atoms with Gasteiger partial charge in [0.2, 0.25) is 29.6 Å². The smallest absolute Gasteiger partial charge is 0.325 e. The Balaban J connectivity index is 0.718. The van der Waals surface area contributed by atoms with Crippen LogP contribution in [0.5, 0.6) is 0 Å². The van der Waals surface area contributed by atoms with Gasteiger partial charge in [-0.25, -0.2) is 9.37 Å². The summed E-state index contributed by atoms with van der Waals surface area (Å²) in [5.74, 6) is -2.12. The molecule has 7 aromatic rings. The van der Waals surface area contributed by atoms with E-state index in [9.17, 15) is 28.8 Å². The Morgan fingerprint density at radius 3 is 2.31 bits per heavy atom. The minimum absolute atomic E-state index is 0.0755. The van der Waals surface area contributed by atoms with Gasteiger partial charge in [0, 0.05) is 106 Å². The molecule has 418 valence electrons. The van der Waals surface area contributed by atoms with Gasteiger partial charge in [-0.2, -0.15) is 15.2 Å². The molecule has 2 aliphatic rings. The van der Waals surface area contributed by atoms with Gasteiger partial charge in [0.15, 0.2) is 5.82 Å². The van der Waals surface area contributed by atoms with Crippen LogP contribution >= 0.6 is 11.6 Å². The van der Waals surface area contributed by atoms with E-state index < -0.39 is 23.6 Å². The van der Waals surface area contributed by atoms with Gasteiger partial charge in [0.1, 0.15) is 23.9 Å². The van der Waals surface area contributed by atoms with Crippen molar-refractivity contribution in [2.45, 2.75) is 44.6 Å². The predicted octanol–water partition coefficient (Wildman–Crippen LogP) is 5.24. The summed E-state index contributed by atoms with van der Waals surface area (Å²) in [5, 5.41) is 27.8. The number of esters is 1. The number of nitrogens with one attached hydrogen (secondary N) is 6. The van der Waals surface area contributed by atoms with Crippen LogP contribution in [0.1, 0.15) is 54.1 Å². The molecule has 2 fully saturated rings. The average Bonchev–Trinajstić information content (AvgIpc) is 4.04. The van der Waals surface area contributed by atoms with Crippen LogP contribution in [0.2, 0.25) is 5.02 Å². The maximum Gasteiger partial charge on any atom is 0.325 e. The van der Waals surface area contributed by atoms with Gasteiger partial charge in [0.25, 0.3) is 5.91 Å². The van der Waals surface area contributed by atoms with Gasteiger partial charge < -0.3 is 46.4 Å². The summed E-state index contributed by atoms with van der Waals surface area (Å²) in [6.07, 6.45) is 5.12. The highest BCUT2D eigenvalue weighted by molar-refractivity contribution is 6.33. The third-order valence-electron chi connectivity index (χ3n) is 14.4. The number of carbonyl (C=O) groups excluding carboxylic acids is 6. The molecule has 0 unspecified atom stereocenters. The lowest BCUT2D eigenvalue weighted by Crippen LogP contribution is -2.47. The van der Waals surface area contributed by atoms with Gasteiger partial charge >= 0.3 is 5.97 Å². The molecule has 0 spiro atoms. The monoisotopic (exact) mass is 1110 g/mol. The number of hydrogen-bond acceptors (Lipinski definition) is 15. The van der Waals surface area contributed by atoms with Crippen LogP contribution in [0.4, 0.5) is 33.2 Å². The quantitative estimate of drug-likeness (QED) is 0.0398. The number of benzene rings is 4. The highest BCUT2D eigenvalue weighted by Gasteiger charge is 2.30. The molecule has 4 aromatic carbocycles. The number of halogens is 2. The zero-order chi connectivity index (χ0) is 56.3. The molecule has 0 saturated carbocycles. The Kier molecular flexibility index (Phi) is 18.1. The van der Waals surface area contributed by atoms with E-state index in [2.05, 4.69) is 73.6 Å². The number of carbonyl (C=O) groups is 6. The van der Waals surface area contributed by atoms with Crippen LogP contribution in [-0.2, 0) is 42.3 Å². The first-order valence-corrected chi connectivity index (χ1v) is 26.8. The first-order chi connectivity index (χ1) is 38.7. The van der Waals surface area contributed by atoms with Gasteiger partial charge in [-0.1, -0.05) is 35.9 Å². The van der Waals surface area contributed by atoms with Crippen LogP contribution in [-0.4, -0.2) is 154 Å². The molecule has 5 amide bonds. The lowest BCUT2D eigenvalue weighted by molar-refractivity contribution is -0.141. The molecular formula is C56H63ClFN15O7. The largest absolute Gasteiger partial charge is 0.468 e. The fourth-order valence-electron chi connectivity index (χ4n) is 10.0. The number of anilines is 5. The van der Waals surface area contributed by atoms with Gasteiger partial charge in [-0.3, -0.25) is 43.0 Å². The topological polar surface area (TPSA) is 255 Å². The molecule has 22 nitrogen and oxygen atoms in total. The van der Waals surface area contributed by atoms with E-state index in [1.807, 2.05) is 30.3 Å². The minimum Gasteiger partial charge on any atom is -0.468 e. The third-order valence-corrected chi connectivity index (χ3v) is 14.6. The van der Waals surface area contributed by atoms with Crippen LogP contribution in [0, 0.1) is 5.82 Å². The Morgan fingerprint density at radius 1 is 0.787 bits per heavy atom. The number of aryl methyl sites for hydroxylation is 1. The van der Waals surface area contributed by atoms with E-state index in [1.54, 1.807) is 64.9 Å². The molecule has 6 N–H and O–H groups in total. The van der Waals surface area contributed by atoms with Crippen LogP contribution in [0.15, 0.2) is 91.3 Å². The molecular weight excluding hydrogens is 1050 g/mol. The van der Waals surface area contributed by atoms with E-state index in [0.717, 1.165) is 56.0 Å². The number of piperazine rings is 1. The minimum atomic E-state index is -0.627. The van der Waals surface area contributed by atoms with E-state index in [-0.39, 0.29) is 56.1 Å². The van der Waals surface area contributed by atoms with Crippen LogP contribution in [0.25, 0.3) is 32.9 Å². The standard InChI is InChI=1S/C56H63ClFN15O7/c1-59-55(79)40-8-4-5-10-44(40)66-54-42(57)31-63-56(67-54)65-37-12-14-38(15-13-37)71-26-24-70(25-27-71)21-7-20-60-47(74)16-17-50(77)72-22-18-35(19-23-72)53-52-39(41-29-46-36(28-43(41)58)30-64-69(46)2)9-6-11-45(52)73(68-53)34-49(76)61-32-48(75)62-33-51(78)80-3/h4-6,8-15,28-31,35H,7,16-27,32-34H2,1-3H3,(H,59,79)(H,60,74)(H,61,76)(H,62,75)(H2,63,65,66,67). The molecule has 0 bridgehead atoms. The molecule has 24 heteroatoms. The summed E-state index contributed by atoms with van der Waals surface area (Å²) in [7, 11) is 4.56. The van der Waals surface area contributed by atoms with E-state index in [0.29, 0.717) is 93.6 Å². The molecule has 5 heterocycles. The Bertz CT molecular complexity index is 3410. The first kappa shape index (κ1) is 56.0. The molecule has 0 aliphatic carbocycles. The van der Waals surface area contributed by atoms with Crippen molar-refractivity contribution < 1.29 is 37.9 Å². The number of hydrogen-bond donors (Lipinski definition) is 6. The number of likely N-dealkylation sites (tertiary alicyclic amines) is 1. The van der Waals surface area contributed by atoms with Crippen molar-refractivity contribution in [1.82, 2.24) is 60.6 Å². The van der Waals surface area contributed by atoms with Gasteiger partial charge in [-0.15, -0.1) is 0 Å². The summed E-state index contributed by atoms with van der Waals surface area (Å²) in [5.41, 5.74) is 5.83. The van der Waals surface area contributed by atoms with Crippen molar-refractivity contribution in [3.8, 4) is 11.1 Å². The summed E-state index contributed by atoms with van der Waals surface area (Å²) < 4.78 is 23.7. The summed E-state index contributed by atoms with van der Waals surface area (Å²) >= 11 is 6.42. The van der Waals surface area contributed by atoms with Crippen molar-refractivity contribution in [2.75, 3.05) is 95.1 Å². The molecule has 0 radical (unpaired) electrons. The van der Waals surface area contributed by atoms with E-state index >= 15 is 4.39 Å². The lowest BCUT2D eigenvalue weighted by atomic mass is 9.88. The van der Waals surface area contributed by atoms with Crippen molar-refractivity contribution in [3.05, 3.63) is 113 Å². The van der Waals surface area contributed by atoms with Crippen molar-refractivity contribution in [1.29, 1.82) is 0 Å². The fraction of sp³-hybridized carbons (Fsp3) is 0.357. The van der Waals surface area contributed by atoms with Crippen molar-refractivity contribution in [2.24, 2.45) is 7.05 Å². The number of ether oxygens (including phenoxy) is 1. The van der Waals surface area contributed by atoms with Gasteiger partial charge in [-0.05, 0) is 86.0 Å². The highest BCUT2D eigenvalue weighted by atomic mass is 35.5. The Morgan fingerprint density at radius 2 is 1.55 bits per heavy atom. The lowest BCUT2D eigenvalue weighted by Gasteiger charge is -2.36. The summed E-state index contributed by atoms with van der Waals surface area (Å²) in [4.78, 5) is 91.1. The van der Waals surface area contributed by atoms with E-state index in [4.69, 9.17) is 16.7 Å². The second-order valence-corrected chi connectivity index (χ2v) is 19.9. The molecule has 2 aliphatic heterocycles. The molecule has 2 saturated heterocycles. The van der Waals surface area contributed by atoms with Crippen molar-refractivity contribution >= 4 is 97.7 Å². The van der Waals surface area contributed by atoms with E-state index in [1.165, 1.54) is 19.4 Å². The number of piperidine rings is 1. The Labute approximate surface area is 465 Å². The van der Waals surface area contributed by atoms with Crippen LogP contribution in [0.3, 0.4) is 0 Å². The van der Waals surface area contributed by atoms with Crippen molar-refractivity contribution in [3.63, 3.8) is 0 Å². The molecule has 3 aromatic heterocycles. The first-order valence-electron chi connectivity index (χ1n) is 26.5. The summed E-state index contributed by atoms with van der Waals surface area (Å²) in [6, 6.07) is 23.7. The molecule has 80 heavy (non-hydrogen) atoms. The fourth-order valence-corrected chi connectivity index (χ4v) is 10.2. The second kappa shape index (κ2) is 25.8. The number of nitrogens with zero attached hydrogens (tertiary/aromatic N) is 9. The number of amides is 5. The predicted molar refractivity (Wildman–Crippen MR) is 301 cm³/mol. The number of rotatable bonds is 21. The number of methoxy groups -OCH3 is 1. The number of para-hydroxylation sites is 1. The third kappa shape index (κ3) is 13.6. The average molecular weight is 1110 g/mol. The molecule has 0 atom stereocenters. The van der Waals surface area contributed by atoms with Gasteiger partial charge in [0.05, 0.1) is 54.0 Å². The number of aromatic nitrogens is 6. The number of fused-ring (bicyclic) bond motifs is 2.